The molecule has 2 atom stereocenters. The maximum atomic E-state index is 11.6. The number of carbonyl (C=O) groups excluding carboxylic acids is 1. The minimum absolute atomic E-state index is 0.0377. The number of aromatic nitrogens is 1. The Morgan fingerprint density at radius 1 is 1.32 bits per heavy atom. The second-order valence-corrected chi connectivity index (χ2v) is 8.23. The summed E-state index contributed by atoms with van der Waals surface area (Å²) >= 11 is 0. The summed E-state index contributed by atoms with van der Waals surface area (Å²) in [6.45, 7) is 6.95. The van der Waals surface area contributed by atoms with Crippen LogP contribution in [0.25, 0.3) is 16.5 Å². The average Bonchev–Trinajstić information content (AvgIpc) is 2.61. The van der Waals surface area contributed by atoms with E-state index in [1.165, 1.54) is 24.0 Å². The van der Waals surface area contributed by atoms with Crippen LogP contribution in [0.1, 0.15) is 43.5 Å². The summed E-state index contributed by atoms with van der Waals surface area (Å²) < 4.78 is 0. The van der Waals surface area contributed by atoms with Crippen molar-refractivity contribution in [2.24, 2.45) is 17.3 Å². The molecule has 0 aliphatic heterocycles. The second-order valence-electron chi connectivity index (χ2n) is 8.23. The third-order valence-electron chi connectivity index (χ3n) is 6.49. The van der Waals surface area contributed by atoms with Crippen molar-refractivity contribution in [1.29, 1.82) is 0 Å². The quantitative estimate of drug-likeness (QED) is 0.910. The first-order valence-corrected chi connectivity index (χ1v) is 9.21. The van der Waals surface area contributed by atoms with E-state index in [0.717, 1.165) is 28.1 Å². The van der Waals surface area contributed by atoms with Crippen molar-refractivity contribution >= 4 is 22.4 Å². The Hall–Kier alpha value is -2.16. The van der Waals surface area contributed by atoms with Gasteiger partial charge in [0, 0.05) is 12.4 Å². The van der Waals surface area contributed by atoms with Gasteiger partial charge in [0.05, 0.1) is 17.6 Å². The molecule has 5 rings (SSSR count). The van der Waals surface area contributed by atoms with E-state index in [-0.39, 0.29) is 5.91 Å². The van der Waals surface area contributed by atoms with Gasteiger partial charge in [-0.2, -0.15) is 0 Å². The molecule has 130 valence electrons. The SMILES string of the molecule is CNC(=O)Cc1ccc2nc(C3=CC[C@H]4C[C@@H]3C4(C)C)cc(C)c2c1. The molecule has 3 nitrogen and oxygen atoms in total. The Kier molecular flexibility index (Phi) is 3.71. The zero-order valence-corrected chi connectivity index (χ0v) is 15.5. The minimum Gasteiger partial charge on any atom is -0.359 e. The zero-order chi connectivity index (χ0) is 17.8. The second kappa shape index (κ2) is 5.69. The Labute approximate surface area is 149 Å². The molecule has 2 bridgehead atoms. The van der Waals surface area contributed by atoms with Crippen LogP contribution in [0, 0.1) is 24.2 Å². The lowest BCUT2D eigenvalue weighted by Gasteiger charge is -2.56. The number of pyridine rings is 1. The molecule has 0 saturated heterocycles. The molecule has 1 saturated carbocycles. The van der Waals surface area contributed by atoms with E-state index in [1.807, 2.05) is 6.07 Å². The normalized spacial score (nSPS) is 23.8. The third-order valence-corrected chi connectivity index (χ3v) is 6.49. The number of nitrogens with one attached hydrogen (secondary N) is 1. The van der Waals surface area contributed by atoms with Gasteiger partial charge in [0.25, 0.3) is 0 Å². The van der Waals surface area contributed by atoms with Crippen molar-refractivity contribution in [2.75, 3.05) is 7.05 Å². The molecular weight excluding hydrogens is 308 g/mol. The van der Waals surface area contributed by atoms with Gasteiger partial charge in [-0.3, -0.25) is 4.79 Å². The first kappa shape index (κ1) is 16.3. The molecule has 1 aromatic carbocycles. The maximum Gasteiger partial charge on any atom is 0.224 e. The van der Waals surface area contributed by atoms with Crippen molar-refractivity contribution in [3.05, 3.63) is 47.2 Å². The molecule has 2 aromatic rings. The average molecular weight is 334 g/mol. The lowest BCUT2D eigenvalue weighted by Crippen LogP contribution is -2.47. The van der Waals surface area contributed by atoms with Gasteiger partial charge in [0.1, 0.15) is 0 Å². The largest absolute Gasteiger partial charge is 0.359 e. The molecule has 0 spiro atoms. The Morgan fingerprint density at radius 2 is 2.12 bits per heavy atom. The number of rotatable bonds is 3. The molecule has 1 aromatic heterocycles. The van der Waals surface area contributed by atoms with Gasteiger partial charge in [-0.05, 0) is 71.9 Å². The predicted molar refractivity (Wildman–Crippen MR) is 102 cm³/mol. The molecule has 0 unspecified atom stereocenters. The topological polar surface area (TPSA) is 42.0 Å². The Balaban J connectivity index is 1.72. The van der Waals surface area contributed by atoms with E-state index >= 15 is 0 Å². The number of allylic oxidation sites excluding steroid dienone is 2. The van der Waals surface area contributed by atoms with Crippen LogP contribution in [-0.2, 0) is 11.2 Å². The van der Waals surface area contributed by atoms with Crippen LogP contribution in [-0.4, -0.2) is 17.9 Å². The minimum atomic E-state index is 0.0377. The molecule has 25 heavy (non-hydrogen) atoms. The number of nitrogens with zero attached hydrogens (tertiary/aromatic N) is 1. The highest BCUT2D eigenvalue weighted by molar-refractivity contribution is 5.87. The van der Waals surface area contributed by atoms with Gasteiger partial charge in [-0.25, -0.2) is 4.98 Å². The number of fused-ring (bicyclic) bond motifs is 2. The van der Waals surface area contributed by atoms with Gasteiger partial charge in [0.2, 0.25) is 5.91 Å². The standard InChI is InChI=1S/C22H26N2O/c1-13-9-20(16-7-6-15-12-18(16)22(15,2)3)24-19-8-5-14(10-17(13)19)11-21(25)23-4/h5,7-10,15,18H,6,11-12H2,1-4H3,(H,23,25)/t15-,18-/m0/s1. The Morgan fingerprint density at radius 3 is 2.80 bits per heavy atom. The maximum absolute atomic E-state index is 11.6. The summed E-state index contributed by atoms with van der Waals surface area (Å²) in [6.07, 6.45) is 5.32. The van der Waals surface area contributed by atoms with Crippen LogP contribution >= 0.6 is 0 Å². The fourth-order valence-corrected chi connectivity index (χ4v) is 4.61. The lowest BCUT2D eigenvalue weighted by molar-refractivity contribution is -0.119. The van der Waals surface area contributed by atoms with Crippen molar-refractivity contribution in [1.82, 2.24) is 10.3 Å². The zero-order valence-electron chi connectivity index (χ0n) is 15.5. The van der Waals surface area contributed by atoms with E-state index in [1.54, 1.807) is 7.05 Å². The summed E-state index contributed by atoms with van der Waals surface area (Å²) in [6, 6.07) is 8.41. The van der Waals surface area contributed by atoms with Crippen LogP contribution in [0.5, 0.6) is 0 Å². The van der Waals surface area contributed by atoms with Crippen molar-refractivity contribution in [3.63, 3.8) is 0 Å². The van der Waals surface area contributed by atoms with Crippen LogP contribution in [0.3, 0.4) is 0 Å². The summed E-state index contributed by atoms with van der Waals surface area (Å²) in [5, 5.41) is 3.83. The van der Waals surface area contributed by atoms with E-state index in [2.05, 4.69) is 50.4 Å². The van der Waals surface area contributed by atoms with Gasteiger partial charge in [-0.1, -0.05) is 26.0 Å². The van der Waals surface area contributed by atoms with Gasteiger partial charge < -0.3 is 5.32 Å². The number of carbonyl (C=O) groups is 1. The number of amides is 1. The molecule has 1 fully saturated rings. The molecule has 1 heterocycles. The van der Waals surface area contributed by atoms with E-state index in [0.29, 0.717) is 17.8 Å². The molecule has 3 heteroatoms. The van der Waals surface area contributed by atoms with Crippen molar-refractivity contribution in [3.8, 4) is 0 Å². The van der Waals surface area contributed by atoms with Crippen molar-refractivity contribution < 1.29 is 4.79 Å². The fraction of sp³-hybridized carbons (Fsp3) is 0.455. The molecule has 1 N–H and O–H groups in total. The van der Waals surface area contributed by atoms with E-state index in [4.69, 9.17) is 4.98 Å². The molecular formula is C22H26N2O. The third kappa shape index (κ3) is 2.57. The lowest BCUT2D eigenvalue weighted by atomic mass is 9.48. The van der Waals surface area contributed by atoms with E-state index < -0.39 is 0 Å². The fourth-order valence-electron chi connectivity index (χ4n) is 4.61. The van der Waals surface area contributed by atoms with Gasteiger partial charge in [0.15, 0.2) is 0 Å². The Bertz CT molecular complexity index is 894. The molecule has 1 amide bonds. The van der Waals surface area contributed by atoms with Gasteiger partial charge >= 0.3 is 0 Å². The smallest absolute Gasteiger partial charge is 0.224 e. The summed E-state index contributed by atoms with van der Waals surface area (Å²) in [5.74, 6) is 1.52. The highest BCUT2D eigenvalue weighted by Gasteiger charge is 2.51. The summed E-state index contributed by atoms with van der Waals surface area (Å²) in [4.78, 5) is 16.6. The number of aryl methyl sites for hydroxylation is 1. The first-order chi connectivity index (χ1) is 11.9. The monoisotopic (exact) mass is 334 g/mol. The molecule has 0 radical (unpaired) electrons. The van der Waals surface area contributed by atoms with Crippen LogP contribution in [0.4, 0.5) is 0 Å². The number of benzene rings is 1. The first-order valence-electron chi connectivity index (χ1n) is 9.21. The highest BCUT2D eigenvalue weighted by Crippen LogP contribution is 2.61. The van der Waals surface area contributed by atoms with Crippen molar-refractivity contribution in [2.45, 2.75) is 40.0 Å². The predicted octanol–water partition coefficient (Wildman–Crippen LogP) is 4.28. The number of hydrogen-bond donors (Lipinski definition) is 1. The highest BCUT2D eigenvalue weighted by atomic mass is 16.1. The van der Waals surface area contributed by atoms with Crippen LogP contribution in [0.2, 0.25) is 0 Å². The van der Waals surface area contributed by atoms with Gasteiger partial charge in [-0.15, -0.1) is 0 Å². The summed E-state index contributed by atoms with van der Waals surface area (Å²) in [7, 11) is 1.67. The summed E-state index contributed by atoms with van der Waals surface area (Å²) in [5.41, 5.74) is 6.28. The number of hydrogen-bond acceptors (Lipinski definition) is 2. The van der Waals surface area contributed by atoms with E-state index in [9.17, 15) is 4.79 Å². The van der Waals surface area contributed by atoms with Crippen LogP contribution < -0.4 is 5.32 Å². The van der Waals surface area contributed by atoms with Crippen LogP contribution in [0.15, 0.2) is 30.3 Å². The molecule has 3 aliphatic rings. The number of likely N-dealkylation sites (N-methyl/N-ethyl adjacent to an activating group) is 1. The molecule has 3 aliphatic carbocycles.